The average Bonchev–Trinajstić information content (AvgIpc) is 2.33. The summed E-state index contributed by atoms with van der Waals surface area (Å²) in [4.78, 5) is 0. The number of hydrogen-bond acceptors (Lipinski definition) is 3. The van der Waals surface area contributed by atoms with E-state index in [4.69, 9.17) is 14.6 Å². The summed E-state index contributed by atoms with van der Waals surface area (Å²) >= 11 is 0. The van der Waals surface area contributed by atoms with Crippen molar-refractivity contribution in [2.45, 2.75) is 18.8 Å². The zero-order chi connectivity index (χ0) is 7.61. The molecule has 0 aromatic heterocycles. The smallest absolute Gasteiger partial charge is 0.189 e. The zero-order valence-corrected chi connectivity index (χ0v) is 6.04. The van der Waals surface area contributed by atoms with Crippen LogP contribution < -0.4 is 0 Å². The van der Waals surface area contributed by atoms with E-state index in [1.807, 2.05) is 0 Å². The van der Waals surface area contributed by atoms with Crippen LogP contribution in [0.3, 0.4) is 0 Å². The van der Waals surface area contributed by atoms with Crippen LogP contribution in [0.5, 0.6) is 0 Å². The Bertz CT molecular complexity index is 135. The molecule has 1 aliphatic rings. The van der Waals surface area contributed by atoms with Crippen LogP contribution in [0.4, 0.5) is 0 Å². The Kier molecular flexibility index (Phi) is 2.08. The monoisotopic (exact) mass is 144 g/mol. The Labute approximate surface area is 60.3 Å². The summed E-state index contributed by atoms with van der Waals surface area (Å²) in [6.07, 6.45) is 1.60. The van der Waals surface area contributed by atoms with E-state index in [0.29, 0.717) is 6.61 Å². The second-order valence-electron chi connectivity index (χ2n) is 2.49. The Balaban J connectivity index is 2.48. The molecule has 2 unspecified atom stereocenters. The van der Waals surface area contributed by atoms with Crippen LogP contribution >= 0.6 is 0 Å². The van der Waals surface area contributed by atoms with Gasteiger partial charge in [-0.2, -0.15) is 0 Å². The molecule has 2 atom stereocenters. The first-order valence-electron chi connectivity index (χ1n) is 3.25. The van der Waals surface area contributed by atoms with Crippen LogP contribution in [0.1, 0.15) is 6.92 Å². The first kappa shape index (κ1) is 7.72. The van der Waals surface area contributed by atoms with Crippen LogP contribution in [0.2, 0.25) is 0 Å². The Morgan fingerprint density at radius 2 is 2.60 bits per heavy atom. The molecule has 0 aliphatic carbocycles. The van der Waals surface area contributed by atoms with Gasteiger partial charge in [0, 0.05) is 0 Å². The summed E-state index contributed by atoms with van der Waals surface area (Å²) in [6, 6.07) is 0. The average molecular weight is 144 g/mol. The summed E-state index contributed by atoms with van der Waals surface area (Å²) in [5.41, 5.74) is 0. The van der Waals surface area contributed by atoms with Crippen LogP contribution in [-0.2, 0) is 9.47 Å². The van der Waals surface area contributed by atoms with E-state index in [-0.39, 0.29) is 12.7 Å². The van der Waals surface area contributed by atoms with E-state index in [0.717, 1.165) is 0 Å². The molecule has 0 amide bonds. The summed E-state index contributed by atoms with van der Waals surface area (Å²) in [7, 11) is 0. The molecule has 3 nitrogen and oxygen atoms in total. The van der Waals surface area contributed by atoms with Crippen molar-refractivity contribution in [3.63, 3.8) is 0 Å². The molecular weight excluding hydrogens is 132 g/mol. The fourth-order valence-corrected chi connectivity index (χ4v) is 0.846. The van der Waals surface area contributed by atoms with Gasteiger partial charge in [0.05, 0.1) is 13.2 Å². The lowest BCUT2D eigenvalue weighted by Crippen LogP contribution is -2.30. The van der Waals surface area contributed by atoms with Crippen molar-refractivity contribution in [3.05, 3.63) is 12.7 Å². The highest BCUT2D eigenvalue weighted by molar-refractivity contribution is 4.86. The standard InChI is InChI=1S/C7H12O3/c1-3-6-4-9-7(2,5-8)10-6/h3,6,8H,1,4-5H2,2H3. The largest absolute Gasteiger partial charge is 0.391 e. The van der Waals surface area contributed by atoms with E-state index in [1.54, 1.807) is 13.0 Å². The Hall–Kier alpha value is -0.380. The van der Waals surface area contributed by atoms with Crippen molar-refractivity contribution in [1.82, 2.24) is 0 Å². The van der Waals surface area contributed by atoms with Gasteiger partial charge in [-0.05, 0) is 6.92 Å². The third-order valence-electron chi connectivity index (χ3n) is 1.50. The summed E-state index contributed by atoms with van der Waals surface area (Å²) in [5.74, 6) is -0.807. The normalized spacial score (nSPS) is 40.0. The number of rotatable bonds is 2. The Morgan fingerprint density at radius 1 is 1.90 bits per heavy atom. The molecule has 0 spiro atoms. The molecule has 1 fully saturated rings. The van der Waals surface area contributed by atoms with E-state index in [9.17, 15) is 0 Å². The molecule has 0 aromatic carbocycles. The van der Waals surface area contributed by atoms with Crippen molar-refractivity contribution in [3.8, 4) is 0 Å². The van der Waals surface area contributed by atoms with Crippen molar-refractivity contribution < 1.29 is 14.6 Å². The third-order valence-corrected chi connectivity index (χ3v) is 1.50. The zero-order valence-electron chi connectivity index (χ0n) is 6.04. The topological polar surface area (TPSA) is 38.7 Å². The molecule has 58 valence electrons. The number of aliphatic hydroxyl groups is 1. The van der Waals surface area contributed by atoms with Gasteiger partial charge in [-0.15, -0.1) is 6.58 Å². The lowest BCUT2D eigenvalue weighted by Gasteiger charge is -2.18. The highest BCUT2D eigenvalue weighted by atomic mass is 16.8. The molecule has 1 saturated heterocycles. The second kappa shape index (κ2) is 2.70. The summed E-state index contributed by atoms with van der Waals surface area (Å²) < 4.78 is 10.4. The summed E-state index contributed by atoms with van der Waals surface area (Å²) in [6.45, 7) is 5.63. The van der Waals surface area contributed by atoms with Gasteiger partial charge in [-0.3, -0.25) is 0 Å². The van der Waals surface area contributed by atoms with Gasteiger partial charge < -0.3 is 14.6 Å². The molecule has 1 rings (SSSR count). The lowest BCUT2D eigenvalue weighted by molar-refractivity contribution is -0.174. The number of ether oxygens (including phenoxy) is 2. The van der Waals surface area contributed by atoms with Gasteiger partial charge in [0.15, 0.2) is 5.79 Å². The second-order valence-corrected chi connectivity index (χ2v) is 2.49. The first-order chi connectivity index (χ1) is 4.70. The van der Waals surface area contributed by atoms with E-state index >= 15 is 0 Å². The van der Waals surface area contributed by atoms with Gasteiger partial charge in [0.1, 0.15) is 6.10 Å². The van der Waals surface area contributed by atoms with E-state index < -0.39 is 5.79 Å². The SMILES string of the molecule is C=CC1COC(C)(CO)O1. The highest BCUT2D eigenvalue weighted by Gasteiger charge is 2.34. The maximum atomic E-state index is 8.75. The highest BCUT2D eigenvalue weighted by Crippen LogP contribution is 2.22. The van der Waals surface area contributed by atoms with E-state index in [1.165, 1.54) is 0 Å². The van der Waals surface area contributed by atoms with Gasteiger partial charge in [-0.25, -0.2) is 0 Å². The quantitative estimate of drug-likeness (QED) is 0.566. The van der Waals surface area contributed by atoms with E-state index in [2.05, 4.69) is 6.58 Å². The first-order valence-corrected chi connectivity index (χ1v) is 3.25. The van der Waals surface area contributed by atoms with Crippen LogP contribution in [0, 0.1) is 0 Å². The number of hydrogen-bond donors (Lipinski definition) is 1. The fraction of sp³-hybridized carbons (Fsp3) is 0.714. The van der Waals surface area contributed by atoms with Crippen molar-refractivity contribution in [2.24, 2.45) is 0 Å². The van der Waals surface area contributed by atoms with Crippen molar-refractivity contribution in [2.75, 3.05) is 13.2 Å². The lowest BCUT2D eigenvalue weighted by atomic mass is 10.3. The number of aliphatic hydroxyl groups excluding tert-OH is 1. The van der Waals surface area contributed by atoms with Crippen molar-refractivity contribution in [1.29, 1.82) is 0 Å². The maximum Gasteiger partial charge on any atom is 0.189 e. The molecule has 1 heterocycles. The molecule has 0 aromatic rings. The van der Waals surface area contributed by atoms with Crippen LogP contribution in [0.25, 0.3) is 0 Å². The maximum absolute atomic E-state index is 8.75. The molecule has 0 radical (unpaired) electrons. The molecule has 0 bridgehead atoms. The predicted molar refractivity (Wildman–Crippen MR) is 36.5 cm³/mol. The van der Waals surface area contributed by atoms with Gasteiger partial charge in [0.25, 0.3) is 0 Å². The third kappa shape index (κ3) is 1.37. The molecule has 1 aliphatic heterocycles. The molecule has 3 heteroatoms. The van der Waals surface area contributed by atoms with Gasteiger partial charge >= 0.3 is 0 Å². The predicted octanol–water partition coefficient (Wildman–Crippen LogP) is 0.296. The molecule has 0 saturated carbocycles. The minimum Gasteiger partial charge on any atom is -0.391 e. The summed E-state index contributed by atoms with van der Waals surface area (Å²) in [5, 5.41) is 8.75. The van der Waals surface area contributed by atoms with Crippen molar-refractivity contribution >= 4 is 0 Å². The van der Waals surface area contributed by atoms with Crippen LogP contribution in [0.15, 0.2) is 12.7 Å². The van der Waals surface area contributed by atoms with Crippen LogP contribution in [-0.4, -0.2) is 30.2 Å². The molecule has 10 heavy (non-hydrogen) atoms. The molecule has 1 N–H and O–H groups in total. The molecular formula is C7H12O3. The Morgan fingerprint density at radius 3 is 2.90 bits per heavy atom. The minimum absolute atomic E-state index is 0.0721. The fourth-order valence-electron chi connectivity index (χ4n) is 0.846. The minimum atomic E-state index is -0.807. The van der Waals surface area contributed by atoms with Gasteiger partial charge in [0.2, 0.25) is 0 Å². The van der Waals surface area contributed by atoms with Gasteiger partial charge in [-0.1, -0.05) is 6.08 Å².